The molecule has 0 bridgehead atoms. The number of aromatic nitrogens is 2. The molecule has 2 heterocycles. The van der Waals surface area contributed by atoms with E-state index in [4.69, 9.17) is 8.83 Å². The van der Waals surface area contributed by atoms with E-state index in [1.54, 1.807) is 12.1 Å². The van der Waals surface area contributed by atoms with Gasteiger partial charge in [0.2, 0.25) is 0 Å². The molecule has 2 aromatic heterocycles. The molecule has 0 atom stereocenters. The number of carbonyl (C=O) groups is 1. The van der Waals surface area contributed by atoms with Gasteiger partial charge in [-0.3, -0.25) is 10.1 Å². The Morgan fingerprint density at radius 1 is 1.20 bits per heavy atom. The van der Waals surface area contributed by atoms with E-state index in [2.05, 4.69) is 15.5 Å². The monoisotopic (exact) mass is 273 g/mol. The van der Waals surface area contributed by atoms with Crippen LogP contribution < -0.4 is 5.32 Å². The number of nitrogens with zero attached hydrogens (tertiary/aromatic N) is 2. The lowest BCUT2D eigenvalue weighted by Crippen LogP contribution is -2.12. The molecule has 1 amide bonds. The lowest BCUT2D eigenvalue weighted by atomic mass is 10.2. The molecule has 0 aliphatic rings. The van der Waals surface area contributed by atoms with E-state index >= 15 is 0 Å². The van der Waals surface area contributed by atoms with Gasteiger partial charge in [-0.25, -0.2) is 4.39 Å². The first kappa shape index (κ1) is 12.1. The molecule has 0 unspecified atom stereocenters. The van der Waals surface area contributed by atoms with E-state index in [1.807, 2.05) is 0 Å². The normalized spacial score (nSPS) is 10.4. The van der Waals surface area contributed by atoms with Crippen LogP contribution in [0.5, 0.6) is 0 Å². The molecule has 6 nitrogen and oxygen atoms in total. The van der Waals surface area contributed by atoms with Crippen LogP contribution in [0.2, 0.25) is 0 Å². The molecule has 0 saturated heterocycles. The van der Waals surface area contributed by atoms with Crippen molar-refractivity contribution in [3.8, 4) is 11.7 Å². The van der Waals surface area contributed by atoms with Gasteiger partial charge in [-0.05, 0) is 30.3 Å². The van der Waals surface area contributed by atoms with Crippen molar-refractivity contribution >= 4 is 11.9 Å². The van der Waals surface area contributed by atoms with Gasteiger partial charge in [-0.1, -0.05) is 11.2 Å². The third-order valence-corrected chi connectivity index (χ3v) is 2.46. The van der Waals surface area contributed by atoms with Crippen LogP contribution in [-0.2, 0) is 0 Å². The summed E-state index contributed by atoms with van der Waals surface area (Å²) in [6, 6.07) is 8.49. The Labute approximate surface area is 112 Å². The number of halogens is 1. The van der Waals surface area contributed by atoms with Crippen LogP contribution in [0.1, 0.15) is 10.4 Å². The number of carbonyl (C=O) groups excluding carboxylic acids is 1. The highest BCUT2D eigenvalue weighted by Gasteiger charge is 2.14. The molecule has 1 N–H and O–H groups in total. The zero-order chi connectivity index (χ0) is 13.9. The molecule has 0 aliphatic carbocycles. The predicted octanol–water partition coefficient (Wildman–Crippen LogP) is 2.72. The molecule has 3 rings (SSSR count). The Kier molecular flexibility index (Phi) is 3.00. The molecule has 3 aromatic rings. The molecule has 100 valence electrons. The summed E-state index contributed by atoms with van der Waals surface area (Å²) in [5.74, 6) is -0.508. The molecule has 0 spiro atoms. The third kappa shape index (κ3) is 2.41. The predicted molar refractivity (Wildman–Crippen MR) is 66.4 cm³/mol. The third-order valence-electron chi connectivity index (χ3n) is 2.46. The first-order valence-corrected chi connectivity index (χ1v) is 5.67. The van der Waals surface area contributed by atoms with Crippen molar-refractivity contribution in [2.75, 3.05) is 5.32 Å². The topological polar surface area (TPSA) is 81.2 Å². The Hall–Kier alpha value is -2.96. The molecule has 0 fully saturated rings. The van der Waals surface area contributed by atoms with Crippen LogP contribution >= 0.6 is 0 Å². The maximum absolute atomic E-state index is 13.0. The molecule has 20 heavy (non-hydrogen) atoms. The molecular formula is C13H8FN3O3. The second-order valence-electron chi connectivity index (χ2n) is 3.85. The standard InChI is InChI=1S/C13H8FN3O3/c14-9-4-1-3-8(7-9)11(18)15-13-17-16-12(20-13)10-5-2-6-19-10/h1-7H,(H,15,17,18). The lowest BCUT2D eigenvalue weighted by molar-refractivity contribution is 0.102. The van der Waals surface area contributed by atoms with Crippen LogP contribution in [0.4, 0.5) is 10.4 Å². The molecule has 0 aliphatic heterocycles. The summed E-state index contributed by atoms with van der Waals surface area (Å²) in [6.07, 6.45) is 1.46. The summed E-state index contributed by atoms with van der Waals surface area (Å²) >= 11 is 0. The lowest BCUT2D eigenvalue weighted by Gasteiger charge is -1.99. The number of hydrogen-bond donors (Lipinski definition) is 1. The number of hydrogen-bond acceptors (Lipinski definition) is 5. The van der Waals surface area contributed by atoms with Gasteiger partial charge in [0.1, 0.15) is 5.82 Å². The molecule has 0 radical (unpaired) electrons. The minimum Gasteiger partial charge on any atom is -0.459 e. The summed E-state index contributed by atoms with van der Waals surface area (Å²) in [7, 11) is 0. The van der Waals surface area contributed by atoms with Crippen molar-refractivity contribution in [2.24, 2.45) is 0 Å². The van der Waals surface area contributed by atoms with Crippen molar-refractivity contribution in [3.05, 3.63) is 54.0 Å². The summed E-state index contributed by atoms with van der Waals surface area (Å²) in [4.78, 5) is 11.8. The average molecular weight is 273 g/mol. The van der Waals surface area contributed by atoms with Crippen LogP contribution in [0, 0.1) is 5.82 Å². The first-order chi connectivity index (χ1) is 9.72. The number of nitrogens with one attached hydrogen (secondary N) is 1. The molecule has 0 saturated carbocycles. The largest absolute Gasteiger partial charge is 0.459 e. The van der Waals surface area contributed by atoms with Gasteiger partial charge in [0, 0.05) is 5.56 Å². The Morgan fingerprint density at radius 3 is 2.85 bits per heavy atom. The highest BCUT2D eigenvalue weighted by atomic mass is 19.1. The van der Waals surface area contributed by atoms with E-state index in [-0.39, 0.29) is 17.5 Å². The number of rotatable bonds is 3. The minimum absolute atomic E-state index is 0.0920. The Morgan fingerprint density at radius 2 is 2.10 bits per heavy atom. The maximum atomic E-state index is 13.0. The molecule has 7 heteroatoms. The summed E-state index contributed by atoms with van der Waals surface area (Å²) in [5.41, 5.74) is 0.155. The van der Waals surface area contributed by atoms with E-state index in [0.29, 0.717) is 5.76 Å². The first-order valence-electron chi connectivity index (χ1n) is 5.67. The van der Waals surface area contributed by atoms with Crippen LogP contribution in [0.3, 0.4) is 0 Å². The van der Waals surface area contributed by atoms with Crippen molar-refractivity contribution in [2.45, 2.75) is 0 Å². The number of amides is 1. The second kappa shape index (κ2) is 4.96. The van der Waals surface area contributed by atoms with Gasteiger partial charge < -0.3 is 8.83 Å². The fourth-order valence-corrected chi connectivity index (χ4v) is 1.57. The fourth-order valence-electron chi connectivity index (χ4n) is 1.57. The van der Waals surface area contributed by atoms with E-state index in [1.165, 1.54) is 24.5 Å². The van der Waals surface area contributed by atoms with E-state index in [9.17, 15) is 9.18 Å². The minimum atomic E-state index is -0.542. The number of furan rings is 1. The van der Waals surface area contributed by atoms with Crippen molar-refractivity contribution < 1.29 is 18.0 Å². The summed E-state index contributed by atoms with van der Waals surface area (Å²) < 4.78 is 23.3. The average Bonchev–Trinajstić information content (AvgIpc) is 3.08. The van der Waals surface area contributed by atoms with E-state index < -0.39 is 11.7 Å². The van der Waals surface area contributed by atoms with Gasteiger partial charge >= 0.3 is 6.01 Å². The smallest absolute Gasteiger partial charge is 0.322 e. The SMILES string of the molecule is O=C(Nc1nnc(-c2ccco2)o1)c1cccc(F)c1. The highest BCUT2D eigenvalue weighted by molar-refractivity contribution is 6.03. The van der Waals surface area contributed by atoms with Gasteiger partial charge in [0.25, 0.3) is 11.8 Å². The molecular weight excluding hydrogens is 265 g/mol. The van der Waals surface area contributed by atoms with Gasteiger partial charge in [0.15, 0.2) is 5.76 Å². The Balaban J connectivity index is 1.77. The highest BCUT2D eigenvalue weighted by Crippen LogP contribution is 2.20. The van der Waals surface area contributed by atoms with Crippen LogP contribution in [0.25, 0.3) is 11.7 Å². The van der Waals surface area contributed by atoms with Gasteiger partial charge in [0.05, 0.1) is 6.26 Å². The van der Waals surface area contributed by atoms with Gasteiger partial charge in [-0.2, -0.15) is 0 Å². The second-order valence-corrected chi connectivity index (χ2v) is 3.85. The van der Waals surface area contributed by atoms with Crippen molar-refractivity contribution in [3.63, 3.8) is 0 Å². The van der Waals surface area contributed by atoms with Crippen LogP contribution in [0.15, 0.2) is 51.5 Å². The molecule has 1 aromatic carbocycles. The zero-order valence-corrected chi connectivity index (χ0v) is 10.0. The van der Waals surface area contributed by atoms with Crippen LogP contribution in [-0.4, -0.2) is 16.1 Å². The number of anilines is 1. The zero-order valence-electron chi connectivity index (χ0n) is 10.0. The summed E-state index contributed by atoms with van der Waals surface area (Å²) in [6.45, 7) is 0. The Bertz CT molecular complexity index is 737. The van der Waals surface area contributed by atoms with E-state index in [0.717, 1.165) is 6.07 Å². The quantitative estimate of drug-likeness (QED) is 0.793. The van der Waals surface area contributed by atoms with Gasteiger partial charge in [-0.15, -0.1) is 5.10 Å². The van der Waals surface area contributed by atoms with Crippen molar-refractivity contribution in [1.29, 1.82) is 0 Å². The van der Waals surface area contributed by atoms with Crippen molar-refractivity contribution in [1.82, 2.24) is 10.2 Å². The number of benzene rings is 1. The fraction of sp³-hybridized carbons (Fsp3) is 0. The summed E-state index contributed by atoms with van der Waals surface area (Å²) in [5, 5.41) is 9.76. The maximum Gasteiger partial charge on any atom is 0.322 e.